The molecule has 1 rings (SSSR count). The van der Waals surface area contributed by atoms with Gasteiger partial charge in [0.15, 0.2) is 9.84 Å². The molecule has 1 amide bonds. The van der Waals surface area contributed by atoms with Crippen LogP contribution in [0.5, 0.6) is 0 Å². The van der Waals surface area contributed by atoms with Crippen LogP contribution in [0.15, 0.2) is 18.2 Å². The predicted octanol–water partition coefficient (Wildman–Crippen LogP) is 2.37. The SMILES string of the molecule is Cc1c(N)cccc1NC(=O)CCCS(=O)(=O)CC(C)C. The van der Waals surface area contributed by atoms with E-state index in [0.717, 1.165) is 5.56 Å². The van der Waals surface area contributed by atoms with E-state index in [9.17, 15) is 13.2 Å². The Morgan fingerprint density at radius 3 is 2.62 bits per heavy atom. The van der Waals surface area contributed by atoms with Gasteiger partial charge in [-0.1, -0.05) is 19.9 Å². The van der Waals surface area contributed by atoms with Gasteiger partial charge < -0.3 is 11.1 Å². The number of nitrogens with one attached hydrogen (secondary N) is 1. The van der Waals surface area contributed by atoms with Crippen LogP contribution < -0.4 is 11.1 Å². The van der Waals surface area contributed by atoms with Gasteiger partial charge in [0, 0.05) is 17.8 Å². The molecule has 118 valence electrons. The van der Waals surface area contributed by atoms with Crippen LogP contribution in [0.1, 0.15) is 32.3 Å². The summed E-state index contributed by atoms with van der Waals surface area (Å²) in [6, 6.07) is 5.31. The molecule has 0 radical (unpaired) electrons. The molecule has 5 nitrogen and oxygen atoms in total. The molecule has 0 spiro atoms. The zero-order valence-corrected chi connectivity index (χ0v) is 13.7. The summed E-state index contributed by atoms with van der Waals surface area (Å²) >= 11 is 0. The predicted molar refractivity (Wildman–Crippen MR) is 86.9 cm³/mol. The fourth-order valence-corrected chi connectivity index (χ4v) is 3.81. The second-order valence-corrected chi connectivity index (χ2v) is 7.91. The van der Waals surface area contributed by atoms with E-state index in [1.54, 1.807) is 18.2 Å². The maximum atomic E-state index is 11.8. The van der Waals surface area contributed by atoms with Crippen molar-refractivity contribution in [2.24, 2.45) is 5.92 Å². The van der Waals surface area contributed by atoms with Crippen LogP contribution in [-0.2, 0) is 14.6 Å². The molecule has 0 unspecified atom stereocenters. The largest absolute Gasteiger partial charge is 0.398 e. The molecule has 0 heterocycles. The highest BCUT2D eigenvalue weighted by Gasteiger charge is 2.14. The van der Waals surface area contributed by atoms with Crippen molar-refractivity contribution >= 4 is 27.1 Å². The lowest BCUT2D eigenvalue weighted by Gasteiger charge is -2.10. The average molecular weight is 312 g/mol. The van der Waals surface area contributed by atoms with Crippen molar-refractivity contribution in [3.63, 3.8) is 0 Å². The zero-order chi connectivity index (χ0) is 16.0. The second kappa shape index (κ2) is 7.45. The number of rotatable bonds is 7. The molecule has 0 bridgehead atoms. The van der Waals surface area contributed by atoms with Crippen LogP contribution in [0.4, 0.5) is 11.4 Å². The summed E-state index contributed by atoms with van der Waals surface area (Å²) in [7, 11) is -3.06. The van der Waals surface area contributed by atoms with Gasteiger partial charge in [0.25, 0.3) is 0 Å². The van der Waals surface area contributed by atoms with Crippen LogP contribution in [0.2, 0.25) is 0 Å². The number of amides is 1. The summed E-state index contributed by atoms with van der Waals surface area (Å²) in [5, 5.41) is 2.76. The number of hydrogen-bond acceptors (Lipinski definition) is 4. The summed E-state index contributed by atoms with van der Waals surface area (Å²) in [6.07, 6.45) is 0.522. The highest BCUT2D eigenvalue weighted by molar-refractivity contribution is 7.91. The summed E-state index contributed by atoms with van der Waals surface area (Å²) in [6.45, 7) is 5.57. The second-order valence-electron chi connectivity index (χ2n) is 5.68. The minimum absolute atomic E-state index is 0.0501. The Labute approximate surface area is 126 Å². The van der Waals surface area contributed by atoms with Gasteiger partial charge in [0.1, 0.15) is 0 Å². The molecule has 0 aliphatic carbocycles. The third kappa shape index (κ3) is 6.16. The molecular weight excluding hydrogens is 288 g/mol. The molecule has 0 saturated heterocycles. The molecule has 0 atom stereocenters. The molecule has 21 heavy (non-hydrogen) atoms. The number of nitrogen functional groups attached to an aromatic ring is 1. The van der Waals surface area contributed by atoms with Crippen LogP contribution in [0.25, 0.3) is 0 Å². The lowest BCUT2D eigenvalue weighted by Crippen LogP contribution is -2.18. The monoisotopic (exact) mass is 312 g/mol. The van der Waals surface area contributed by atoms with Gasteiger partial charge in [-0.3, -0.25) is 4.79 Å². The molecule has 0 aliphatic rings. The number of carbonyl (C=O) groups is 1. The molecule has 0 aliphatic heterocycles. The lowest BCUT2D eigenvalue weighted by atomic mass is 10.1. The third-order valence-electron chi connectivity index (χ3n) is 3.10. The average Bonchev–Trinajstić information content (AvgIpc) is 2.33. The maximum absolute atomic E-state index is 11.8. The number of hydrogen-bond donors (Lipinski definition) is 2. The number of anilines is 2. The van der Waals surface area contributed by atoms with Crippen molar-refractivity contribution in [2.45, 2.75) is 33.6 Å². The first kappa shape index (κ1) is 17.5. The van der Waals surface area contributed by atoms with E-state index in [1.807, 2.05) is 20.8 Å². The van der Waals surface area contributed by atoms with Crippen LogP contribution in [0.3, 0.4) is 0 Å². The summed E-state index contributed by atoms with van der Waals surface area (Å²) < 4.78 is 23.5. The summed E-state index contributed by atoms with van der Waals surface area (Å²) in [4.78, 5) is 11.8. The Kier molecular flexibility index (Phi) is 6.20. The van der Waals surface area contributed by atoms with E-state index in [1.165, 1.54) is 0 Å². The highest BCUT2D eigenvalue weighted by Crippen LogP contribution is 2.20. The standard InChI is InChI=1S/C15H24N2O3S/c1-11(2)10-21(19,20)9-5-8-15(18)17-14-7-4-6-13(16)12(14)3/h4,6-7,11H,5,8-10,16H2,1-3H3,(H,17,18). The molecule has 1 aromatic rings. The van der Waals surface area contributed by atoms with Gasteiger partial charge in [-0.05, 0) is 37.0 Å². The molecular formula is C15H24N2O3S. The first-order valence-electron chi connectivity index (χ1n) is 7.06. The fraction of sp³-hybridized carbons (Fsp3) is 0.533. The van der Waals surface area contributed by atoms with Gasteiger partial charge in [0.05, 0.1) is 11.5 Å². The van der Waals surface area contributed by atoms with Crippen molar-refractivity contribution in [2.75, 3.05) is 22.6 Å². The van der Waals surface area contributed by atoms with Crippen molar-refractivity contribution in [3.8, 4) is 0 Å². The third-order valence-corrected chi connectivity index (χ3v) is 5.18. The number of benzene rings is 1. The minimum atomic E-state index is -3.06. The van der Waals surface area contributed by atoms with Crippen LogP contribution in [-0.4, -0.2) is 25.8 Å². The molecule has 1 aromatic carbocycles. The van der Waals surface area contributed by atoms with Gasteiger partial charge in [-0.2, -0.15) is 0 Å². The summed E-state index contributed by atoms with van der Waals surface area (Å²) in [5.41, 5.74) is 7.88. The maximum Gasteiger partial charge on any atom is 0.224 e. The van der Waals surface area contributed by atoms with Crippen LogP contribution >= 0.6 is 0 Å². The topological polar surface area (TPSA) is 89.3 Å². The van der Waals surface area contributed by atoms with Gasteiger partial charge in [0.2, 0.25) is 5.91 Å². The lowest BCUT2D eigenvalue weighted by molar-refractivity contribution is -0.116. The van der Waals surface area contributed by atoms with Crippen molar-refractivity contribution in [1.82, 2.24) is 0 Å². The van der Waals surface area contributed by atoms with E-state index < -0.39 is 9.84 Å². The smallest absolute Gasteiger partial charge is 0.224 e. The first-order valence-corrected chi connectivity index (χ1v) is 8.89. The van der Waals surface area contributed by atoms with E-state index in [-0.39, 0.29) is 29.8 Å². The zero-order valence-electron chi connectivity index (χ0n) is 12.8. The van der Waals surface area contributed by atoms with Crippen molar-refractivity contribution in [1.29, 1.82) is 0 Å². The summed E-state index contributed by atoms with van der Waals surface area (Å²) in [5.74, 6) is 0.138. The van der Waals surface area contributed by atoms with Gasteiger partial charge in [-0.15, -0.1) is 0 Å². The minimum Gasteiger partial charge on any atom is -0.398 e. The van der Waals surface area contributed by atoms with E-state index >= 15 is 0 Å². The van der Waals surface area contributed by atoms with Crippen molar-refractivity contribution in [3.05, 3.63) is 23.8 Å². The highest BCUT2D eigenvalue weighted by atomic mass is 32.2. The Morgan fingerprint density at radius 1 is 1.33 bits per heavy atom. The molecule has 3 N–H and O–H groups in total. The Bertz CT molecular complexity index is 595. The number of sulfone groups is 1. The fourth-order valence-electron chi connectivity index (χ4n) is 2.05. The Balaban J connectivity index is 2.47. The van der Waals surface area contributed by atoms with Gasteiger partial charge in [-0.25, -0.2) is 8.42 Å². The molecule has 0 fully saturated rings. The number of carbonyl (C=O) groups excluding carboxylic acids is 1. The first-order chi connectivity index (χ1) is 9.71. The quantitative estimate of drug-likeness (QED) is 0.756. The molecule has 0 saturated carbocycles. The van der Waals surface area contributed by atoms with E-state index in [4.69, 9.17) is 5.73 Å². The van der Waals surface area contributed by atoms with E-state index in [2.05, 4.69) is 5.32 Å². The van der Waals surface area contributed by atoms with Gasteiger partial charge >= 0.3 is 0 Å². The normalized spacial score (nSPS) is 11.6. The van der Waals surface area contributed by atoms with Crippen LogP contribution in [0, 0.1) is 12.8 Å². The number of nitrogens with two attached hydrogens (primary N) is 1. The Hall–Kier alpha value is -1.56. The van der Waals surface area contributed by atoms with E-state index in [0.29, 0.717) is 17.8 Å². The molecule has 0 aromatic heterocycles. The molecule has 6 heteroatoms. The Morgan fingerprint density at radius 2 is 2.00 bits per heavy atom. The van der Waals surface area contributed by atoms with Crippen molar-refractivity contribution < 1.29 is 13.2 Å².